The Morgan fingerprint density at radius 1 is 1.24 bits per heavy atom. The van der Waals surface area contributed by atoms with Gasteiger partial charge >= 0.3 is 5.97 Å². The summed E-state index contributed by atoms with van der Waals surface area (Å²) in [5.74, 6) is -0.681. The topological polar surface area (TPSA) is 126 Å². The molecular weight excluding hydrogens is 482 g/mol. The summed E-state index contributed by atoms with van der Waals surface area (Å²) in [5, 5.41) is 21.1. The summed E-state index contributed by atoms with van der Waals surface area (Å²) in [6.07, 6.45) is 1.55. The fourth-order valence-corrected chi connectivity index (χ4v) is 4.44. The Bertz CT molecular complexity index is 1360. The van der Waals surface area contributed by atoms with Gasteiger partial charge in [0.25, 0.3) is 11.6 Å². The highest BCUT2D eigenvalue weighted by atomic mass is 35.5. The molecule has 9 nitrogen and oxygen atoms in total. The maximum Gasteiger partial charge on any atom is 0.335 e. The molecule has 0 bridgehead atoms. The quantitative estimate of drug-likeness (QED) is 0.258. The van der Waals surface area contributed by atoms with Crippen LogP contribution in [0, 0.1) is 10.1 Å². The van der Waals surface area contributed by atoms with Gasteiger partial charge in [-0.25, -0.2) is 9.79 Å². The number of likely N-dealkylation sites (N-methyl/N-ethyl adjacent to an activating group) is 1. The Balaban J connectivity index is 1.62. The van der Waals surface area contributed by atoms with Crippen molar-refractivity contribution in [2.45, 2.75) is 6.92 Å². The number of halogens is 1. The molecule has 0 saturated carbocycles. The molecule has 4 rings (SSSR count). The Morgan fingerprint density at radius 2 is 1.97 bits per heavy atom. The minimum Gasteiger partial charge on any atom is -0.478 e. The van der Waals surface area contributed by atoms with Crippen LogP contribution in [0.25, 0.3) is 17.4 Å². The molecule has 1 N–H and O–H groups in total. The number of hydrogen-bond acceptors (Lipinski definition) is 7. The Morgan fingerprint density at radius 3 is 2.62 bits per heavy atom. The van der Waals surface area contributed by atoms with Gasteiger partial charge in [-0.05, 0) is 67.2 Å². The number of carbonyl (C=O) groups excluding carboxylic acids is 1. The number of nitro groups is 1. The fourth-order valence-electron chi connectivity index (χ4n) is 3.23. The van der Waals surface area contributed by atoms with Gasteiger partial charge in [0.1, 0.15) is 11.5 Å². The molecule has 11 heteroatoms. The van der Waals surface area contributed by atoms with Gasteiger partial charge in [0.15, 0.2) is 5.17 Å². The van der Waals surface area contributed by atoms with Crippen molar-refractivity contribution in [3.05, 3.63) is 86.0 Å². The van der Waals surface area contributed by atoms with Crippen LogP contribution in [0.1, 0.15) is 23.0 Å². The molecule has 3 aromatic rings. The lowest BCUT2D eigenvalue weighted by atomic mass is 10.1. The van der Waals surface area contributed by atoms with Gasteiger partial charge in [0, 0.05) is 23.7 Å². The van der Waals surface area contributed by atoms with Gasteiger partial charge in [-0.3, -0.25) is 19.8 Å². The molecule has 1 aromatic heterocycles. The molecule has 0 aliphatic carbocycles. The highest BCUT2D eigenvalue weighted by Crippen LogP contribution is 2.37. The zero-order chi connectivity index (χ0) is 24.4. The molecule has 1 saturated heterocycles. The predicted octanol–water partition coefficient (Wildman–Crippen LogP) is 5.83. The number of benzene rings is 2. The van der Waals surface area contributed by atoms with Crippen LogP contribution >= 0.6 is 23.4 Å². The number of carboxylic acid groups (broad SMARTS) is 1. The number of thioether (sulfide) groups is 1. The average Bonchev–Trinajstić information content (AvgIpc) is 3.38. The SMILES string of the molecule is CCN1C(=O)/C(=C\c2ccc(-c3ccc(Cl)cc3[N+](=O)[O-])o2)SC1=Nc1ccc(C(=O)O)cc1. The number of carbonyl (C=O) groups is 2. The predicted molar refractivity (Wildman–Crippen MR) is 129 cm³/mol. The van der Waals surface area contributed by atoms with Crippen LogP contribution in [0.4, 0.5) is 11.4 Å². The second-order valence-electron chi connectivity index (χ2n) is 7.03. The molecule has 0 unspecified atom stereocenters. The van der Waals surface area contributed by atoms with Crippen LogP contribution in [0.15, 0.2) is 68.9 Å². The first-order valence-corrected chi connectivity index (χ1v) is 11.1. The van der Waals surface area contributed by atoms with Gasteiger partial charge < -0.3 is 9.52 Å². The van der Waals surface area contributed by atoms with Crippen molar-refractivity contribution in [2.24, 2.45) is 4.99 Å². The summed E-state index contributed by atoms with van der Waals surface area (Å²) in [4.78, 5) is 41.1. The molecule has 34 heavy (non-hydrogen) atoms. The Hall–Kier alpha value is -3.89. The number of aliphatic imine (C=N–C) groups is 1. The average molecular weight is 498 g/mol. The van der Waals surface area contributed by atoms with Gasteiger partial charge in [-0.15, -0.1) is 0 Å². The van der Waals surface area contributed by atoms with Crippen LogP contribution in [0.3, 0.4) is 0 Å². The van der Waals surface area contributed by atoms with E-state index in [9.17, 15) is 19.7 Å². The normalized spacial score (nSPS) is 15.9. The first-order chi connectivity index (χ1) is 16.3. The standard InChI is InChI=1S/C23H16ClN3O6S/c1-2-26-21(28)20(34-23(26)25-15-6-3-13(4-7-15)22(29)30)12-16-8-10-19(33-16)17-9-5-14(24)11-18(17)27(31)32/h3-12H,2H2,1H3,(H,29,30)/b20-12+,25-23?. The molecular formula is C23H16ClN3O6S. The van der Waals surface area contributed by atoms with Gasteiger partial charge in [0.2, 0.25) is 0 Å². The minimum absolute atomic E-state index is 0.140. The van der Waals surface area contributed by atoms with Crippen molar-refractivity contribution in [3.63, 3.8) is 0 Å². The van der Waals surface area contributed by atoms with Crippen LogP contribution < -0.4 is 0 Å². The van der Waals surface area contributed by atoms with E-state index < -0.39 is 10.9 Å². The summed E-state index contributed by atoms with van der Waals surface area (Å²) in [5.41, 5.74) is 0.733. The number of carboxylic acids is 1. The van der Waals surface area contributed by atoms with E-state index in [0.29, 0.717) is 28.1 Å². The molecule has 1 aliphatic rings. The van der Waals surface area contributed by atoms with Crippen molar-refractivity contribution in [1.82, 2.24) is 4.90 Å². The number of furan rings is 1. The summed E-state index contributed by atoms with van der Waals surface area (Å²) in [6, 6.07) is 13.5. The van der Waals surface area contributed by atoms with Crippen molar-refractivity contribution in [3.8, 4) is 11.3 Å². The number of nitro benzene ring substituents is 1. The zero-order valence-corrected chi connectivity index (χ0v) is 19.2. The van der Waals surface area contributed by atoms with Crippen molar-refractivity contribution < 1.29 is 24.0 Å². The second kappa shape index (κ2) is 9.54. The molecule has 1 amide bonds. The maximum absolute atomic E-state index is 12.9. The molecule has 0 radical (unpaired) electrons. The number of aromatic carboxylic acids is 1. The monoisotopic (exact) mass is 497 g/mol. The molecule has 172 valence electrons. The Kier molecular flexibility index (Phi) is 6.53. The van der Waals surface area contributed by atoms with Gasteiger partial charge in [-0.1, -0.05) is 11.6 Å². The van der Waals surface area contributed by atoms with Crippen LogP contribution in [-0.2, 0) is 4.79 Å². The van der Waals surface area contributed by atoms with E-state index in [0.717, 1.165) is 11.8 Å². The number of amides is 1. The first kappa shape index (κ1) is 23.3. The lowest BCUT2D eigenvalue weighted by Gasteiger charge is -2.11. The van der Waals surface area contributed by atoms with E-state index in [1.54, 1.807) is 30.3 Å². The van der Waals surface area contributed by atoms with E-state index in [4.69, 9.17) is 21.1 Å². The lowest BCUT2D eigenvalue weighted by molar-refractivity contribution is -0.384. The molecule has 0 spiro atoms. The van der Waals surface area contributed by atoms with E-state index in [1.165, 1.54) is 35.2 Å². The summed E-state index contributed by atoms with van der Waals surface area (Å²) in [6.45, 7) is 2.20. The van der Waals surface area contributed by atoms with Crippen LogP contribution in [-0.4, -0.2) is 38.5 Å². The van der Waals surface area contributed by atoms with Crippen LogP contribution in [0.5, 0.6) is 0 Å². The minimum atomic E-state index is -1.04. The largest absolute Gasteiger partial charge is 0.478 e. The summed E-state index contributed by atoms with van der Waals surface area (Å²) >= 11 is 7.03. The van der Waals surface area contributed by atoms with E-state index in [2.05, 4.69) is 4.99 Å². The number of hydrogen-bond donors (Lipinski definition) is 1. The first-order valence-electron chi connectivity index (χ1n) is 9.94. The van der Waals surface area contributed by atoms with Crippen LogP contribution in [0.2, 0.25) is 5.02 Å². The molecule has 0 atom stereocenters. The van der Waals surface area contributed by atoms with Gasteiger partial charge in [0.05, 0.1) is 26.6 Å². The van der Waals surface area contributed by atoms with Gasteiger partial charge in [-0.2, -0.15) is 0 Å². The van der Waals surface area contributed by atoms with Crippen molar-refractivity contribution in [2.75, 3.05) is 6.54 Å². The number of nitrogens with zero attached hydrogens (tertiary/aromatic N) is 3. The highest BCUT2D eigenvalue weighted by Gasteiger charge is 2.32. The summed E-state index contributed by atoms with van der Waals surface area (Å²) < 4.78 is 5.77. The molecule has 2 aromatic carbocycles. The number of rotatable bonds is 6. The molecule has 2 heterocycles. The Labute approximate surface area is 202 Å². The fraction of sp³-hybridized carbons (Fsp3) is 0.0870. The zero-order valence-electron chi connectivity index (χ0n) is 17.6. The van der Waals surface area contributed by atoms with Crippen molar-refractivity contribution in [1.29, 1.82) is 0 Å². The smallest absolute Gasteiger partial charge is 0.335 e. The van der Waals surface area contributed by atoms with E-state index in [-0.39, 0.29) is 33.5 Å². The second-order valence-corrected chi connectivity index (χ2v) is 8.47. The maximum atomic E-state index is 12.9. The third-order valence-electron chi connectivity index (χ3n) is 4.87. The molecule has 1 aliphatic heterocycles. The van der Waals surface area contributed by atoms with E-state index in [1.807, 2.05) is 6.92 Å². The third-order valence-corrected chi connectivity index (χ3v) is 6.11. The third kappa shape index (κ3) is 4.73. The molecule has 1 fully saturated rings. The van der Waals surface area contributed by atoms with Crippen molar-refractivity contribution >= 4 is 57.9 Å². The lowest BCUT2D eigenvalue weighted by Crippen LogP contribution is -2.28. The van der Waals surface area contributed by atoms with E-state index >= 15 is 0 Å². The highest BCUT2D eigenvalue weighted by molar-refractivity contribution is 8.18. The summed E-state index contributed by atoms with van der Waals surface area (Å²) in [7, 11) is 0. The number of amidine groups is 1.